The molecule has 0 aliphatic rings. The smallest absolute Gasteiger partial charge is 0.416 e. The number of ether oxygens (including phenoxy) is 2. The predicted molar refractivity (Wildman–Crippen MR) is 58.7 cm³/mol. The Bertz CT molecular complexity index is 494. The second-order valence-electron chi connectivity index (χ2n) is 3.61. The third-order valence-electron chi connectivity index (χ3n) is 2.38. The van der Waals surface area contributed by atoms with Crippen molar-refractivity contribution in [2.75, 3.05) is 14.2 Å². The average molecular weight is 276 g/mol. The Hall–Kier alpha value is -2.05. The molecule has 0 amide bonds. The molecular formula is C12H11F3O4. The van der Waals surface area contributed by atoms with E-state index in [2.05, 4.69) is 4.74 Å². The van der Waals surface area contributed by atoms with Gasteiger partial charge in [-0.05, 0) is 23.8 Å². The maximum Gasteiger partial charge on any atom is 0.416 e. The molecule has 104 valence electrons. The Morgan fingerprint density at radius 2 is 1.84 bits per heavy atom. The van der Waals surface area contributed by atoms with Crippen molar-refractivity contribution in [3.8, 4) is 5.75 Å². The molecule has 1 aromatic rings. The van der Waals surface area contributed by atoms with Crippen LogP contribution in [-0.2, 0) is 26.9 Å². The van der Waals surface area contributed by atoms with E-state index < -0.39 is 29.9 Å². The van der Waals surface area contributed by atoms with Gasteiger partial charge in [-0.3, -0.25) is 4.79 Å². The molecule has 0 N–H and O–H groups in total. The minimum atomic E-state index is -4.61. The molecule has 7 heteroatoms. The van der Waals surface area contributed by atoms with Gasteiger partial charge < -0.3 is 9.47 Å². The zero-order valence-corrected chi connectivity index (χ0v) is 10.2. The van der Waals surface area contributed by atoms with Crippen molar-refractivity contribution in [1.29, 1.82) is 0 Å². The quantitative estimate of drug-likeness (QED) is 0.623. The lowest BCUT2D eigenvalue weighted by Gasteiger charge is -2.13. The number of carbonyl (C=O) groups excluding carboxylic acids is 2. The fraction of sp³-hybridized carbons (Fsp3) is 0.333. The highest BCUT2D eigenvalue weighted by molar-refractivity contribution is 6.34. The lowest BCUT2D eigenvalue weighted by Crippen LogP contribution is -2.20. The van der Waals surface area contributed by atoms with Gasteiger partial charge in [0.2, 0.25) is 5.78 Å². The summed E-state index contributed by atoms with van der Waals surface area (Å²) in [6, 6.07) is 3.01. The molecule has 0 radical (unpaired) electrons. The second-order valence-corrected chi connectivity index (χ2v) is 3.61. The van der Waals surface area contributed by atoms with Gasteiger partial charge in [-0.25, -0.2) is 4.79 Å². The highest BCUT2D eigenvalue weighted by Gasteiger charge is 2.34. The first kappa shape index (κ1) is 15.0. The Morgan fingerprint density at radius 1 is 1.21 bits per heavy atom. The van der Waals surface area contributed by atoms with Crippen LogP contribution in [0.5, 0.6) is 5.75 Å². The van der Waals surface area contributed by atoms with Gasteiger partial charge >= 0.3 is 12.1 Å². The maximum atomic E-state index is 12.7. The number of carbonyl (C=O) groups is 2. The van der Waals surface area contributed by atoms with E-state index in [0.717, 1.165) is 25.3 Å². The second kappa shape index (κ2) is 5.73. The lowest BCUT2D eigenvalue weighted by molar-refractivity contribution is -0.151. The summed E-state index contributed by atoms with van der Waals surface area (Å²) in [5.74, 6) is -2.07. The van der Waals surface area contributed by atoms with Crippen molar-refractivity contribution in [1.82, 2.24) is 0 Å². The summed E-state index contributed by atoms with van der Waals surface area (Å²) in [5.41, 5.74) is -1.31. The summed E-state index contributed by atoms with van der Waals surface area (Å²) < 4.78 is 47.2. The van der Waals surface area contributed by atoms with Gasteiger partial charge in [0.15, 0.2) is 0 Å². The number of ketones is 1. The Kier molecular flexibility index (Phi) is 4.52. The number of hydrogen-bond donors (Lipinski definition) is 0. The van der Waals surface area contributed by atoms with Crippen LogP contribution in [0, 0.1) is 0 Å². The largest absolute Gasteiger partial charge is 0.497 e. The van der Waals surface area contributed by atoms with Crippen LogP contribution >= 0.6 is 0 Å². The van der Waals surface area contributed by atoms with E-state index in [1.165, 1.54) is 7.11 Å². The number of alkyl halides is 3. The fourth-order valence-corrected chi connectivity index (χ4v) is 1.48. The topological polar surface area (TPSA) is 52.6 Å². The van der Waals surface area contributed by atoms with Gasteiger partial charge in [0.05, 0.1) is 19.8 Å². The van der Waals surface area contributed by atoms with Crippen LogP contribution in [0.15, 0.2) is 18.2 Å². The molecule has 0 bridgehead atoms. The number of halogens is 3. The molecule has 0 saturated carbocycles. The standard InChI is InChI=1S/C12H11F3O4/c1-18-8-3-4-9(12(13,14)15)7(5-8)6-10(16)11(17)19-2/h3-5H,6H2,1-2H3. The molecule has 0 atom stereocenters. The van der Waals surface area contributed by atoms with Crippen molar-refractivity contribution in [3.63, 3.8) is 0 Å². The van der Waals surface area contributed by atoms with E-state index >= 15 is 0 Å². The van der Waals surface area contributed by atoms with E-state index in [-0.39, 0.29) is 11.3 Å². The third-order valence-corrected chi connectivity index (χ3v) is 2.38. The van der Waals surface area contributed by atoms with Gasteiger partial charge in [-0.2, -0.15) is 13.2 Å². The third kappa shape index (κ3) is 3.70. The highest BCUT2D eigenvalue weighted by atomic mass is 19.4. The van der Waals surface area contributed by atoms with Crippen molar-refractivity contribution >= 4 is 11.8 Å². The summed E-state index contributed by atoms with van der Waals surface area (Å²) in [6.45, 7) is 0. The molecule has 0 aliphatic heterocycles. The number of hydrogen-bond acceptors (Lipinski definition) is 4. The zero-order valence-electron chi connectivity index (χ0n) is 10.2. The van der Waals surface area contributed by atoms with Crippen molar-refractivity contribution in [2.45, 2.75) is 12.6 Å². The summed E-state index contributed by atoms with van der Waals surface area (Å²) in [4.78, 5) is 22.3. The molecule has 19 heavy (non-hydrogen) atoms. The molecule has 0 fully saturated rings. The minimum Gasteiger partial charge on any atom is -0.497 e. The first-order valence-electron chi connectivity index (χ1n) is 5.15. The van der Waals surface area contributed by atoms with E-state index in [9.17, 15) is 22.8 Å². The Labute approximate surface area is 107 Å². The Balaban J connectivity index is 3.15. The van der Waals surface area contributed by atoms with Crippen LogP contribution < -0.4 is 4.74 Å². The van der Waals surface area contributed by atoms with E-state index in [1.54, 1.807) is 0 Å². The van der Waals surface area contributed by atoms with Crippen LogP contribution in [0.1, 0.15) is 11.1 Å². The molecule has 1 aromatic carbocycles. The molecule has 0 aromatic heterocycles. The number of benzene rings is 1. The number of rotatable bonds is 4. The summed E-state index contributed by atoms with van der Waals surface area (Å²) in [5, 5.41) is 0. The van der Waals surface area contributed by atoms with Crippen molar-refractivity contribution in [2.24, 2.45) is 0 Å². The molecule has 0 heterocycles. The number of Topliss-reactive ketones (excluding diaryl/α,β-unsaturated/α-hetero) is 1. The van der Waals surface area contributed by atoms with Crippen molar-refractivity contribution < 1.29 is 32.2 Å². The highest BCUT2D eigenvalue weighted by Crippen LogP contribution is 2.34. The SMILES string of the molecule is COC(=O)C(=O)Cc1cc(OC)ccc1C(F)(F)F. The van der Waals surface area contributed by atoms with Crippen LogP contribution in [0.3, 0.4) is 0 Å². The molecule has 0 spiro atoms. The molecular weight excluding hydrogens is 265 g/mol. The van der Waals surface area contributed by atoms with Crippen LogP contribution in [0.25, 0.3) is 0 Å². The fourth-order valence-electron chi connectivity index (χ4n) is 1.48. The van der Waals surface area contributed by atoms with Crippen molar-refractivity contribution in [3.05, 3.63) is 29.3 Å². The predicted octanol–water partition coefficient (Wildman–Crippen LogP) is 2.00. The lowest BCUT2D eigenvalue weighted by atomic mass is 10.0. The van der Waals surface area contributed by atoms with E-state index in [0.29, 0.717) is 0 Å². The Morgan fingerprint density at radius 3 is 2.32 bits per heavy atom. The van der Waals surface area contributed by atoms with Gasteiger partial charge in [0.1, 0.15) is 5.75 Å². The number of esters is 1. The molecule has 4 nitrogen and oxygen atoms in total. The normalized spacial score (nSPS) is 11.0. The summed E-state index contributed by atoms with van der Waals surface area (Å²) in [6.07, 6.45) is -5.31. The summed E-state index contributed by atoms with van der Waals surface area (Å²) in [7, 11) is 2.27. The van der Waals surface area contributed by atoms with Gasteiger partial charge in [0.25, 0.3) is 0 Å². The van der Waals surface area contributed by atoms with E-state index in [1.807, 2.05) is 0 Å². The zero-order chi connectivity index (χ0) is 14.6. The maximum absolute atomic E-state index is 12.7. The molecule has 0 saturated heterocycles. The van der Waals surface area contributed by atoms with Gasteiger partial charge in [-0.1, -0.05) is 0 Å². The molecule has 0 unspecified atom stereocenters. The van der Waals surface area contributed by atoms with Gasteiger partial charge in [0, 0.05) is 6.42 Å². The molecule has 1 rings (SSSR count). The first-order valence-corrected chi connectivity index (χ1v) is 5.15. The summed E-state index contributed by atoms with van der Waals surface area (Å²) >= 11 is 0. The number of methoxy groups -OCH3 is 2. The average Bonchev–Trinajstić information content (AvgIpc) is 2.36. The van der Waals surface area contributed by atoms with E-state index in [4.69, 9.17) is 4.74 Å². The first-order chi connectivity index (χ1) is 8.79. The minimum absolute atomic E-state index is 0.167. The van der Waals surface area contributed by atoms with Crippen LogP contribution in [0.4, 0.5) is 13.2 Å². The monoisotopic (exact) mass is 276 g/mol. The van der Waals surface area contributed by atoms with Crippen LogP contribution in [-0.4, -0.2) is 26.0 Å². The molecule has 0 aliphatic carbocycles. The van der Waals surface area contributed by atoms with Gasteiger partial charge in [-0.15, -0.1) is 0 Å². The van der Waals surface area contributed by atoms with Crippen LogP contribution in [0.2, 0.25) is 0 Å².